The summed E-state index contributed by atoms with van der Waals surface area (Å²) in [5, 5.41) is 46.8. The Bertz CT molecular complexity index is 1360. The van der Waals surface area contributed by atoms with Gasteiger partial charge < -0.3 is 41.1 Å². The number of carbonyl (C=O) groups excluding carboxylic acids is 4. The molecule has 3 aliphatic carbocycles. The minimum atomic E-state index is -2.61. The summed E-state index contributed by atoms with van der Waals surface area (Å²) in [6, 6.07) is 1.46. The van der Waals surface area contributed by atoms with Crippen LogP contribution < -0.4 is 11.1 Å². The van der Waals surface area contributed by atoms with E-state index in [0.29, 0.717) is 49.4 Å². The zero-order chi connectivity index (χ0) is 28.2. The van der Waals surface area contributed by atoms with Crippen molar-refractivity contribution in [3.63, 3.8) is 0 Å². The third-order valence-electron chi connectivity index (χ3n) is 8.34. The maximum Gasteiger partial charge on any atom is 0.317 e. The molecule has 12 nitrogen and oxygen atoms in total. The van der Waals surface area contributed by atoms with Crippen LogP contribution in [0, 0.1) is 11.8 Å². The van der Waals surface area contributed by atoms with E-state index in [-0.39, 0.29) is 48.7 Å². The molecule has 1 aromatic rings. The van der Waals surface area contributed by atoms with Crippen LogP contribution in [0.2, 0.25) is 0 Å². The second-order valence-corrected chi connectivity index (χ2v) is 10.4. The minimum absolute atomic E-state index is 0.0405. The molecule has 4 aliphatic rings. The van der Waals surface area contributed by atoms with Gasteiger partial charge in [-0.25, -0.2) is 4.79 Å². The number of morpholine rings is 1. The van der Waals surface area contributed by atoms with Crippen molar-refractivity contribution in [2.24, 2.45) is 17.6 Å². The smallest absolute Gasteiger partial charge is 0.317 e. The number of aryl methyl sites for hydroxylation is 1. The Kier molecular flexibility index (Phi) is 6.63. The van der Waals surface area contributed by atoms with Crippen LogP contribution in [0.1, 0.15) is 46.8 Å². The van der Waals surface area contributed by atoms with Crippen LogP contribution in [-0.2, 0) is 33.7 Å². The number of nitrogens with zero attached hydrogens (tertiary/aromatic N) is 1. The highest BCUT2D eigenvalue weighted by Crippen LogP contribution is 2.52. The number of ether oxygens (including phenoxy) is 1. The van der Waals surface area contributed by atoms with Crippen molar-refractivity contribution in [2.75, 3.05) is 26.3 Å². The quantitative estimate of drug-likeness (QED) is 0.297. The predicted octanol–water partition coefficient (Wildman–Crippen LogP) is 0.685. The average Bonchev–Trinajstić information content (AvgIpc) is 2.90. The zero-order valence-corrected chi connectivity index (χ0v) is 21.5. The van der Waals surface area contributed by atoms with Crippen molar-refractivity contribution >= 4 is 23.5 Å². The number of phenolic OH excluding ortho intramolecular Hbond substituents is 1. The number of carbonyl (C=O) groups is 4. The van der Waals surface area contributed by atoms with E-state index in [2.05, 4.69) is 5.32 Å². The molecule has 5 rings (SSSR count). The number of nitrogens with one attached hydrogen (secondary N) is 1. The number of primary amides is 1. The number of amides is 3. The van der Waals surface area contributed by atoms with Gasteiger partial charge in [-0.3, -0.25) is 14.4 Å². The Hall–Kier alpha value is -3.90. The summed E-state index contributed by atoms with van der Waals surface area (Å²) in [4.78, 5) is 53.1. The first-order valence-electron chi connectivity index (χ1n) is 12.9. The molecular weight excluding hydrogens is 510 g/mol. The number of hydrogen-bond donors (Lipinski definition) is 6. The van der Waals surface area contributed by atoms with Gasteiger partial charge in [-0.15, -0.1) is 0 Å². The van der Waals surface area contributed by atoms with Crippen molar-refractivity contribution in [1.82, 2.24) is 10.2 Å². The number of fused-ring (bicyclic) bond motifs is 3. The highest BCUT2D eigenvalue weighted by Gasteiger charge is 2.59. The number of aliphatic hydroxyl groups excluding tert-OH is 2. The van der Waals surface area contributed by atoms with Gasteiger partial charge in [0.25, 0.3) is 5.91 Å². The first-order valence-corrected chi connectivity index (χ1v) is 12.9. The molecule has 1 fully saturated rings. The molecule has 208 valence electrons. The van der Waals surface area contributed by atoms with Crippen molar-refractivity contribution < 1.29 is 44.3 Å². The fraction of sp³-hybridized carbons (Fsp3) is 0.481. The number of hydrogen-bond acceptors (Lipinski definition) is 9. The monoisotopic (exact) mass is 541 g/mol. The van der Waals surface area contributed by atoms with Gasteiger partial charge in [0.2, 0.25) is 5.78 Å². The van der Waals surface area contributed by atoms with Crippen LogP contribution >= 0.6 is 0 Å². The summed E-state index contributed by atoms with van der Waals surface area (Å²) < 4.78 is 5.28. The number of aromatic hydroxyl groups is 1. The number of urea groups is 1. The largest absolute Gasteiger partial charge is 0.511 e. The molecule has 0 spiro atoms. The van der Waals surface area contributed by atoms with E-state index in [1.165, 1.54) is 0 Å². The van der Waals surface area contributed by atoms with Crippen LogP contribution in [0.25, 0.3) is 0 Å². The maximum atomic E-state index is 13.8. The number of ketones is 2. The molecule has 0 saturated carbocycles. The Balaban J connectivity index is 1.55. The van der Waals surface area contributed by atoms with E-state index >= 15 is 0 Å². The summed E-state index contributed by atoms with van der Waals surface area (Å²) in [7, 11) is 0. The first kappa shape index (κ1) is 26.7. The number of aliphatic hydroxyl groups is 3. The van der Waals surface area contributed by atoms with E-state index in [1.54, 1.807) is 17.9 Å². The van der Waals surface area contributed by atoms with Crippen LogP contribution in [0.5, 0.6) is 5.75 Å². The van der Waals surface area contributed by atoms with E-state index in [9.17, 15) is 39.6 Å². The molecule has 7 N–H and O–H groups in total. The molecule has 3 atom stereocenters. The van der Waals surface area contributed by atoms with E-state index in [4.69, 9.17) is 10.5 Å². The fourth-order valence-electron chi connectivity index (χ4n) is 6.30. The lowest BCUT2D eigenvalue weighted by Crippen LogP contribution is -2.57. The van der Waals surface area contributed by atoms with Crippen molar-refractivity contribution in [1.29, 1.82) is 0 Å². The van der Waals surface area contributed by atoms with E-state index < -0.39 is 52.0 Å². The minimum Gasteiger partial charge on any atom is -0.511 e. The molecule has 0 unspecified atom stereocenters. The summed E-state index contributed by atoms with van der Waals surface area (Å²) in [5.74, 6) is -6.64. The van der Waals surface area contributed by atoms with Gasteiger partial charge in [0.15, 0.2) is 11.4 Å². The number of Topliss-reactive ketones (excluding diaryl/α,β-unsaturated/α-hetero) is 2. The number of nitrogens with two attached hydrogens (primary N) is 1. The van der Waals surface area contributed by atoms with Gasteiger partial charge in [0, 0.05) is 37.5 Å². The Morgan fingerprint density at radius 2 is 1.85 bits per heavy atom. The van der Waals surface area contributed by atoms with Crippen LogP contribution in [0.4, 0.5) is 4.79 Å². The lowest BCUT2D eigenvalue weighted by atomic mass is 9.60. The third kappa shape index (κ3) is 4.05. The number of rotatable bonds is 4. The lowest BCUT2D eigenvalue weighted by molar-refractivity contribution is -0.144. The Labute approximate surface area is 223 Å². The van der Waals surface area contributed by atoms with Crippen molar-refractivity contribution in [3.8, 4) is 5.75 Å². The molecule has 39 heavy (non-hydrogen) atoms. The van der Waals surface area contributed by atoms with Gasteiger partial charge in [0.1, 0.15) is 22.8 Å². The second kappa shape index (κ2) is 9.69. The number of allylic oxidation sites excluding steroid dienone is 2. The fourth-order valence-corrected chi connectivity index (χ4v) is 6.30. The normalized spacial score (nSPS) is 26.7. The van der Waals surface area contributed by atoms with E-state index in [1.807, 2.05) is 0 Å². The van der Waals surface area contributed by atoms with Crippen molar-refractivity contribution in [2.45, 2.75) is 44.8 Å². The average molecular weight is 542 g/mol. The lowest BCUT2D eigenvalue weighted by Gasteiger charge is -2.45. The van der Waals surface area contributed by atoms with Crippen LogP contribution in [0.15, 0.2) is 28.7 Å². The number of phenols is 1. The SMILES string of the molecule is CCc1cc(CNC(=O)N2CCOCC2)c2c(c1O)C(=O)C1=C(O)[C@]3(O)C(=O)C(C(N)=O)=C(O)C[C@@H]3C[C@@H]1C2. The van der Waals surface area contributed by atoms with Crippen LogP contribution in [-0.4, -0.2) is 80.7 Å². The second-order valence-electron chi connectivity index (χ2n) is 10.4. The van der Waals surface area contributed by atoms with Crippen LogP contribution in [0.3, 0.4) is 0 Å². The molecule has 0 aromatic heterocycles. The Morgan fingerprint density at radius 3 is 2.49 bits per heavy atom. The van der Waals surface area contributed by atoms with Gasteiger partial charge in [-0.2, -0.15) is 0 Å². The summed E-state index contributed by atoms with van der Waals surface area (Å²) in [5.41, 5.74) is 3.14. The van der Waals surface area contributed by atoms with Crippen molar-refractivity contribution in [3.05, 3.63) is 51.0 Å². The molecule has 1 heterocycles. The topological polar surface area (TPSA) is 200 Å². The molecule has 1 saturated heterocycles. The van der Waals surface area contributed by atoms with E-state index in [0.717, 1.165) is 0 Å². The molecule has 12 heteroatoms. The van der Waals surface area contributed by atoms with Gasteiger partial charge >= 0.3 is 6.03 Å². The first-order chi connectivity index (χ1) is 18.5. The molecular formula is C27H31N3O9. The highest BCUT2D eigenvalue weighted by molar-refractivity contribution is 6.24. The summed E-state index contributed by atoms with van der Waals surface area (Å²) in [6.45, 7) is 3.68. The third-order valence-corrected chi connectivity index (χ3v) is 8.34. The molecule has 0 radical (unpaired) electrons. The molecule has 1 aromatic carbocycles. The van der Waals surface area contributed by atoms with Gasteiger partial charge in [-0.05, 0) is 41.9 Å². The summed E-state index contributed by atoms with van der Waals surface area (Å²) >= 11 is 0. The standard InChI is InChI=1S/C27H31N3O9/c1-2-12-7-14(11-29-26(37)30-3-5-39-6-4-30)16-9-13-8-15-10-17(31)20(25(28)36)24(35)27(15,38)23(34)18(13)22(33)19(16)21(12)32/h7,13,15,31-32,34,38H,2-6,8-11H2,1H3,(H2,28,36)(H,29,37)/t13-,15+,27+/m1/s1. The summed E-state index contributed by atoms with van der Waals surface area (Å²) in [6.07, 6.45) is 0.299. The zero-order valence-electron chi connectivity index (χ0n) is 21.5. The van der Waals surface area contributed by atoms with Gasteiger partial charge in [0.05, 0.1) is 18.8 Å². The van der Waals surface area contributed by atoms with Gasteiger partial charge in [-0.1, -0.05) is 13.0 Å². The molecule has 1 aliphatic heterocycles. The number of benzene rings is 1. The molecule has 3 amide bonds. The highest BCUT2D eigenvalue weighted by atomic mass is 16.5. The Morgan fingerprint density at radius 1 is 1.15 bits per heavy atom. The molecule has 0 bridgehead atoms. The predicted molar refractivity (Wildman–Crippen MR) is 135 cm³/mol. The maximum absolute atomic E-state index is 13.8.